The first-order chi connectivity index (χ1) is 12.3. The normalized spacial score (nSPS) is 12.3. The van der Waals surface area contributed by atoms with Crippen molar-refractivity contribution in [2.24, 2.45) is 0 Å². The number of benzene rings is 1. The molecule has 138 valence electrons. The van der Waals surface area contributed by atoms with Crippen LogP contribution in [0.2, 0.25) is 0 Å². The second-order valence-electron chi connectivity index (χ2n) is 7.29. The molecule has 0 aliphatic carbocycles. The van der Waals surface area contributed by atoms with E-state index < -0.39 is 11.7 Å². The van der Waals surface area contributed by atoms with Gasteiger partial charge >= 0.3 is 6.09 Å². The molecule has 1 aromatic carbocycles. The van der Waals surface area contributed by atoms with Crippen molar-refractivity contribution in [2.45, 2.75) is 52.3 Å². The highest BCUT2D eigenvalue weighted by atomic mass is 16.6. The molecule has 5 heteroatoms. The summed E-state index contributed by atoms with van der Waals surface area (Å²) < 4.78 is 5.54. The van der Waals surface area contributed by atoms with Crippen LogP contribution in [0.4, 0.5) is 4.79 Å². The number of rotatable bonds is 6. The largest absolute Gasteiger partial charge is 0.444 e. The van der Waals surface area contributed by atoms with E-state index in [-0.39, 0.29) is 18.2 Å². The summed E-state index contributed by atoms with van der Waals surface area (Å²) in [7, 11) is 0. The van der Waals surface area contributed by atoms with Crippen molar-refractivity contribution in [3.8, 4) is 0 Å². The van der Waals surface area contributed by atoms with E-state index in [4.69, 9.17) is 4.74 Å². The highest BCUT2D eigenvalue weighted by Gasteiger charge is 2.28. The van der Waals surface area contributed by atoms with Gasteiger partial charge in [0.25, 0.3) is 0 Å². The standard InChI is InChI=1S/C21H26N2O3/c1-16(14-19(24)18-12-8-9-13-22-18)23(20(25)26-21(2,3)4)15-17-10-6-5-7-11-17/h5-13,16H,14-15H2,1-4H3. The highest BCUT2D eigenvalue weighted by Crippen LogP contribution is 2.18. The van der Waals surface area contributed by atoms with Gasteiger partial charge in [0.05, 0.1) is 0 Å². The van der Waals surface area contributed by atoms with E-state index in [1.165, 1.54) is 0 Å². The number of amides is 1. The molecule has 0 radical (unpaired) electrons. The number of Topliss-reactive ketones (excluding diaryl/α,β-unsaturated/α-hetero) is 1. The summed E-state index contributed by atoms with van der Waals surface area (Å²) in [5.41, 5.74) is 0.787. The van der Waals surface area contributed by atoms with Gasteiger partial charge in [-0.15, -0.1) is 0 Å². The van der Waals surface area contributed by atoms with Crippen LogP contribution in [-0.2, 0) is 11.3 Å². The Morgan fingerprint density at radius 1 is 1.08 bits per heavy atom. The van der Waals surface area contributed by atoms with Gasteiger partial charge < -0.3 is 9.64 Å². The number of carbonyl (C=O) groups excluding carboxylic acids is 2. The number of hydrogen-bond donors (Lipinski definition) is 0. The first kappa shape index (κ1) is 19.6. The number of ether oxygens (including phenoxy) is 1. The van der Waals surface area contributed by atoms with Crippen LogP contribution in [-0.4, -0.2) is 33.4 Å². The zero-order chi connectivity index (χ0) is 19.2. The minimum atomic E-state index is -0.600. The Bertz CT molecular complexity index is 724. The van der Waals surface area contributed by atoms with Gasteiger partial charge in [0.1, 0.15) is 11.3 Å². The smallest absolute Gasteiger partial charge is 0.410 e. The van der Waals surface area contributed by atoms with Crippen LogP contribution >= 0.6 is 0 Å². The van der Waals surface area contributed by atoms with Gasteiger partial charge in [0.2, 0.25) is 0 Å². The summed E-state index contributed by atoms with van der Waals surface area (Å²) in [6.45, 7) is 7.72. The van der Waals surface area contributed by atoms with Crippen LogP contribution < -0.4 is 0 Å². The first-order valence-corrected chi connectivity index (χ1v) is 8.74. The molecule has 0 aliphatic rings. The van der Waals surface area contributed by atoms with E-state index in [9.17, 15) is 9.59 Å². The second kappa shape index (κ2) is 8.61. The van der Waals surface area contributed by atoms with Gasteiger partial charge in [-0.3, -0.25) is 9.78 Å². The lowest BCUT2D eigenvalue weighted by Crippen LogP contribution is -2.42. The molecule has 1 aromatic heterocycles. The summed E-state index contributed by atoms with van der Waals surface area (Å²) in [4.78, 5) is 30.9. The van der Waals surface area contributed by atoms with Crippen molar-refractivity contribution >= 4 is 11.9 Å². The topological polar surface area (TPSA) is 59.5 Å². The Balaban J connectivity index is 2.16. The van der Waals surface area contributed by atoms with Crippen LogP contribution in [0.5, 0.6) is 0 Å². The molecular formula is C21H26N2O3. The predicted octanol–water partition coefficient (Wildman–Crippen LogP) is 4.48. The fourth-order valence-electron chi connectivity index (χ4n) is 2.51. The number of hydrogen-bond acceptors (Lipinski definition) is 4. The molecule has 1 heterocycles. The fraction of sp³-hybridized carbons (Fsp3) is 0.381. The lowest BCUT2D eigenvalue weighted by Gasteiger charge is -2.31. The zero-order valence-corrected chi connectivity index (χ0v) is 15.8. The molecule has 1 unspecified atom stereocenters. The fourth-order valence-corrected chi connectivity index (χ4v) is 2.51. The molecule has 2 rings (SSSR count). The zero-order valence-electron chi connectivity index (χ0n) is 15.8. The van der Waals surface area contributed by atoms with Crippen LogP contribution in [0.15, 0.2) is 54.7 Å². The molecule has 0 bridgehead atoms. The van der Waals surface area contributed by atoms with E-state index in [2.05, 4.69) is 4.98 Å². The van der Waals surface area contributed by atoms with Crippen molar-refractivity contribution in [3.05, 3.63) is 66.0 Å². The number of nitrogens with zero attached hydrogens (tertiary/aromatic N) is 2. The molecule has 26 heavy (non-hydrogen) atoms. The maximum atomic E-state index is 12.7. The van der Waals surface area contributed by atoms with Gasteiger partial charge in [-0.05, 0) is 45.4 Å². The average Bonchev–Trinajstić information content (AvgIpc) is 2.59. The first-order valence-electron chi connectivity index (χ1n) is 8.74. The maximum Gasteiger partial charge on any atom is 0.410 e. The monoisotopic (exact) mass is 354 g/mol. The Kier molecular flexibility index (Phi) is 6.50. The van der Waals surface area contributed by atoms with Crippen LogP contribution in [0.3, 0.4) is 0 Å². The second-order valence-corrected chi connectivity index (χ2v) is 7.29. The molecule has 1 amide bonds. The average molecular weight is 354 g/mol. The van der Waals surface area contributed by atoms with Gasteiger partial charge in [0.15, 0.2) is 5.78 Å². The number of pyridine rings is 1. The Labute approximate surface area is 155 Å². The quantitative estimate of drug-likeness (QED) is 0.718. The lowest BCUT2D eigenvalue weighted by molar-refractivity contribution is 0.0152. The summed E-state index contributed by atoms with van der Waals surface area (Å²) in [6.07, 6.45) is 1.35. The van der Waals surface area contributed by atoms with Crippen molar-refractivity contribution < 1.29 is 14.3 Å². The third kappa shape index (κ3) is 5.99. The SMILES string of the molecule is CC(CC(=O)c1ccccn1)N(Cc1ccccc1)C(=O)OC(C)(C)C. The minimum Gasteiger partial charge on any atom is -0.444 e. The summed E-state index contributed by atoms with van der Waals surface area (Å²) in [6, 6.07) is 14.6. The van der Waals surface area contributed by atoms with E-state index in [0.717, 1.165) is 5.56 Å². The van der Waals surface area contributed by atoms with Gasteiger partial charge in [-0.1, -0.05) is 36.4 Å². The highest BCUT2D eigenvalue weighted by molar-refractivity contribution is 5.94. The van der Waals surface area contributed by atoms with Gasteiger partial charge in [-0.25, -0.2) is 4.79 Å². The number of ketones is 1. The Morgan fingerprint density at radius 2 is 1.73 bits per heavy atom. The summed E-state index contributed by atoms with van der Waals surface area (Å²) in [5.74, 6) is -0.0975. The maximum absolute atomic E-state index is 12.7. The summed E-state index contributed by atoms with van der Waals surface area (Å²) in [5, 5.41) is 0. The third-order valence-electron chi connectivity index (χ3n) is 3.79. The summed E-state index contributed by atoms with van der Waals surface area (Å²) >= 11 is 0. The molecule has 1 atom stereocenters. The van der Waals surface area contributed by atoms with Gasteiger partial charge in [0, 0.05) is 25.2 Å². The molecule has 2 aromatic rings. The molecule has 0 saturated carbocycles. The van der Waals surface area contributed by atoms with Crippen LogP contribution in [0, 0.1) is 0 Å². The van der Waals surface area contributed by atoms with E-state index in [1.807, 2.05) is 58.0 Å². The third-order valence-corrected chi connectivity index (χ3v) is 3.79. The van der Waals surface area contributed by atoms with Crippen molar-refractivity contribution in [2.75, 3.05) is 0 Å². The predicted molar refractivity (Wildman–Crippen MR) is 101 cm³/mol. The molecular weight excluding hydrogens is 328 g/mol. The van der Waals surface area contributed by atoms with Crippen molar-refractivity contribution in [1.82, 2.24) is 9.88 Å². The van der Waals surface area contributed by atoms with Gasteiger partial charge in [-0.2, -0.15) is 0 Å². The number of carbonyl (C=O) groups is 2. The minimum absolute atomic E-state index is 0.0975. The number of aromatic nitrogens is 1. The molecule has 0 aliphatic heterocycles. The lowest BCUT2D eigenvalue weighted by atomic mass is 10.1. The van der Waals surface area contributed by atoms with Crippen molar-refractivity contribution in [1.29, 1.82) is 0 Å². The van der Waals surface area contributed by atoms with Crippen molar-refractivity contribution in [3.63, 3.8) is 0 Å². The molecule has 0 saturated heterocycles. The van der Waals surface area contributed by atoms with E-state index in [0.29, 0.717) is 12.2 Å². The van der Waals surface area contributed by atoms with E-state index in [1.54, 1.807) is 29.3 Å². The van der Waals surface area contributed by atoms with Crippen LogP contribution in [0.25, 0.3) is 0 Å². The van der Waals surface area contributed by atoms with Crippen LogP contribution in [0.1, 0.15) is 50.2 Å². The molecule has 0 spiro atoms. The Hall–Kier alpha value is -2.69. The molecule has 5 nitrogen and oxygen atoms in total. The molecule has 0 fully saturated rings. The Morgan fingerprint density at radius 3 is 2.31 bits per heavy atom. The molecule has 0 N–H and O–H groups in total. The van der Waals surface area contributed by atoms with E-state index >= 15 is 0 Å².